The van der Waals surface area contributed by atoms with Crippen LogP contribution in [-0.4, -0.2) is 23.0 Å². The Morgan fingerprint density at radius 1 is 1.37 bits per heavy atom. The Morgan fingerprint density at radius 2 is 2.11 bits per heavy atom. The molecule has 1 saturated carbocycles. The Hall–Kier alpha value is -1.95. The maximum atomic E-state index is 13.6. The molecule has 1 aliphatic rings. The highest BCUT2D eigenvalue weighted by molar-refractivity contribution is 5.94. The minimum absolute atomic E-state index is 0.0194. The third kappa shape index (κ3) is 2.90. The van der Waals surface area contributed by atoms with E-state index in [1.807, 2.05) is 0 Å². The number of nitrogens with one attached hydrogen (secondary N) is 1. The summed E-state index contributed by atoms with van der Waals surface area (Å²) in [5.41, 5.74) is 5.62. The van der Waals surface area contributed by atoms with Gasteiger partial charge in [0.15, 0.2) is 0 Å². The number of hydrogen-bond donors (Lipinski definition) is 3. The van der Waals surface area contributed by atoms with Crippen LogP contribution >= 0.6 is 0 Å². The van der Waals surface area contributed by atoms with Crippen molar-refractivity contribution in [3.05, 3.63) is 29.6 Å². The third-order valence-corrected chi connectivity index (χ3v) is 3.38. The first-order chi connectivity index (χ1) is 8.99. The molecular weight excluding hydrogens is 251 g/mol. The highest BCUT2D eigenvalue weighted by Crippen LogP contribution is 2.26. The number of benzene rings is 1. The van der Waals surface area contributed by atoms with E-state index in [1.54, 1.807) is 0 Å². The van der Waals surface area contributed by atoms with E-state index in [-0.39, 0.29) is 29.1 Å². The number of amides is 1. The van der Waals surface area contributed by atoms with Crippen molar-refractivity contribution in [2.24, 2.45) is 11.7 Å². The Kier molecular flexibility index (Phi) is 3.80. The Bertz CT molecular complexity index is 519. The van der Waals surface area contributed by atoms with Crippen molar-refractivity contribution in [1.82, 2.24) is 0 Å². The number of carbonyl (C=O) groups excluding carboxylic acids is 1. The van der Waals surface area contributed by atoms with Gasteiger partial charge in [-0.15, -0.1) is 0 Å². The van der Waals surface area contributed by atoms with Crippen molar-refractivity contribution in [1.29, 1.82) is 0 Å². The van der Waals surface area contributed by atoms with Crippen LogP contribution < -0.4 is 11.1 Å². The van der Waals surface area contributed by atoms with E-state index < -0.39 is 11.8 Å². The van der Waals surface area contributed by atoms with Gasteiger partial charge in [0.2, 0.25) is 5.91 Å². The van der Waals surface area contributed by atoms with E-state index in [4.69, 9.17) is 10.8 Å². The summed E-state index contributed by atoms with van der Waals surface area (Å²) in [6.07, 6.45) is 2.38. The molecule has 5 nitrogen and oxygen atoms in total. The zero-order valence-electron chi connectivity index (χ0n) is 10.2. The first-order valence-electron chi connectivity index (χ1n) is 6.08. The summed E-state index contributed by atoms with van der Waals surface area (Å²) in [7, 11) is 0. The third-order valence-electron chi connectivity index (χ3n) is 3.38. The average molecular weight is 266 g/mol. The molecule has 6 heteroatoms. The van der Waals surface area contributed by atoms with E-state index in [0.717, 1.165) is 18.9 Å². The fourth-order valence-corrected chi connectivity index (χ4v) is 2.29. The predicted molar refractivity (Wildman–Crippen MR) is 67.3 cm³/mol. The second-order valence-electron chi connectivity index (χ2n) is 4.69. The van der Waals surface area contributed by atoms with Crippen molar-refractivity contribution >= 4 is 17.6 Å². The summed E-state index contributed by atoms with van der Waals surface area (Å²) >= 11 is 0. The first kappa shape index (κ1) is 13.5. The lowest BCUT2D eigenvalue weighted by atomic mass is 10.0. The van der Waals surface area contributed by atoms with Crippen molar-refractivity contribution in [2.45, 2.75) is 25.3 Å². The monoisotopic (exact) mass is 266 g/mol. The van der Waals surface area contributed by atoms with Gasteiger partial charge in [-0.05, 0) is 31.0 Å². The van der Waals surface area contributed by atoms with Crippen LogP contribution in [0, 0.1) is 11.7 Å². The fourth-order valence-electron chi connectivity index (χ4n) is 2.29. The van der Waals surface area contributed by atoms with Crippen LogP contribution in [0.1, 0.15) is 29.6 Å². The SMILES string of the molecule is NC1CCCC1C(=O)Nc1ccc(C(=O)O)cc1F. The molecule has 0 heterocycles. The standard InChI is InChI=1S/C13H15FN2O3/c14-9-6-7(13(18)19)4-5-11(9)16-12(17)8-2-1-3-10(8)15/h4-6,8,10H,1-3,15H2,(H,16,17)(H,18,19). The number of carbonyl (C=O) groups is 2. The minimum Gasteiger partial charge on any atom is -0.478 e. The molecule has 0 spiro atoms. The Balaban J connectivity index is 2.11. The number of halogens is 1. The molecule has 0 aromatic heterocycles. The number of anilines is 1. The second-order valence-corrected chi connectivity index (χ2v) is 4.69. The fraction of sp³-hybridized carbons (Fsp3) is 0.385. The number of rotatable bonds is 3. The zero-order chi connectivity index (χ0) is 14.0. The van der Waals surface area contributed by atoms with E-state index in [1.165, 1.54) is 12.1 Å². The number of aromatic carboxylic acids is 1. The Morgan fingerprint density at radius 3 is 2.63 bits per heavy atom. The molecule has 2 rings (SSSR count). The molecule has 1 amide bonds. The van der Waals surface area contributed by atoms with E-state index in [0.29, 0.717) is 6.42 Å². The van der Waals surface area contributed by atoms with Gasteiger partial charge >= 0.3 is 5.97 Å². The summed E-state index contributed by atoms with van der Waals surface area (Å²) in [6, 6.07) is 3.18. The molecule has 102 valence electrons. The van der Waals surface area contributed by atoms with Crippen LogP contribution in [0.5, 0.6) is 0 Å². The molecule has 0 bridgehead atoms. The highest BCUT2D eigenvalue weighted by atomic mass is 19.1. The predicted octanol–water partition coefficient (Wildman–Crippen LogP) is 1.59. The maximum Gasteiger partial charge on any atom is 0.335 e. The van der Waals surface area contributed by atoms with Crippen LogP contribution in [0.3, 0.4) is 0 Å². The lowest BCUT2D eigenvalue weighted by Gasteiger charge is -2.15. The van der Waals surface area contributed by atoms with Gasteiger partial charge in [-0.25, -0.2) is 9.18 Å². The van der Waals surface area contributed by atoms with Crippen molar-refractivity contribution in [3.8, 4) is 0 Å². The van der Waals surface area contributed by atoms with Gasteiger partial charge in [-0.3, -0.25) is 4.79 Å². The van der Waals surface area contributed by atoms with Gasteiger partial charge < -0.3 is 16.2 Å². The van der Waals surface area contributed by atoms with Crippen LogP contribution in [-0.2, 0) is 4.79 Å². The summed E-state index contributed by atoms with van der Waals surface area (Å²) in [4.78, 5) is 22.6. The second kappa shape index (κ2) is 5.36. The molecule has 2 atom stereocenters. The molecule has 1 aromatic carbocycles. The topological polar surface area (TPSA) is 92.4 Å². The van der Waals surface area contributed by atoms with Gasteiger partial charge in [-0.2, -0.15) is 0 Å². The molecule has 2 unspecified atom stereocenters. The van der Waals surface area contributed by atoms with Crippen LogP contribution in [0.15, 0.2) is 18.2 Å². The molecule has 1 aliphatic carbocycles. The largest absolute Gasteiger partial charge is 0.478 e. The van der Waals surface area contributed by atoms with Crippen molar-refractivity contribution < 1.29 is 19.1 Å². The van der Waals surface area contributed by atoms with Crippen LogP contribution in [0.25, 0.3) is 0 Å². The normalized spacial score (nSPS) is 22.2. The summed E-state index contributed by atoms with van der Waals surface area (Å²) in [6.45, 7) is 0. The first-order valence-corrected chi connectivity index (χ1v) is 6.08. The van der Waals surface area contributed by atoms with Crippen LogP contribution in [0.4, 0.5) is 10.1 Å². The highest BCUT2D eigenvalue weighted by Gasteiger charge is 2.30. The molecule has 1 aromatic rings. The molecule has 0 radical (unpaired) electrons. The lowest BCUT2D eigenvalue weighted by Crippen LogP contribution is -2.34. The molecule has 1 fully saturated rings. The average Bonchev–Trinajstić information content (AvgIpc) is 2.77. The minimum atomic E-state index is -1.21. The number of carboxylic acid groups (broad SMARTS) is 1. The van der Waals surface area contributed by atoms with E-state index in [2.05, 4.69) is 5.32 Å². The van der Waals surface area contributed by atoms with Crippen LogP contribution in [0.2, 0.25) is 0 Å². The maximum absolute atomic E-state index is 13.6. The van der Waals surface area contributed by atoms with E-state index >= 15 is 0 Å². The zero-order valence-corrected chi connectivity index (χ0v) is 10.2. The molecule has 4 N–H and O–H groups in total. The lowest BCUT2D eigenvalue weighted by molar-refractivity contribution is -0.120. The Labute approximate surface area is 109 Å². The number of nitrogens with two attached hydrogens (primary N) is 1. The van der Waals surface area contributed by atoms with Gasteiger partial charge in [0.25, 0.3) is 0 Å². The van der Waals surface area contributed by atoms with Crippen molar-refractivity contribution in [2.75, 3.05) is 5.32 Å². The van der Waals surface area contributed by atoms with Gasteiger partial charge in [-0.1, -0.05) is 6.42 Å². The van der Waals surface area contributed by atoms with E-state index in [9.17, 15) is 14.0 Å². The molecule has 19 heavy (non-hydrogen) atoms. The molecular formula is C13H15FN2O3. The van der Waals surface area contributed by atoms with Gasteiger partial charge in [0, 0.05) is 6.04 Å². The quantitative estimate of drug-likeness (QED) is 0.774. The smallest absolute Gasteiger partial charge is 0.335 e. The van der Waals surface area contributed by atoms with Gasteiger partial charge in [0.1, 0.15) is 5.82 Å². The number of hydrogen-bond acceptors (Lipinski definition) is 3. The molecule has 0 aliphatic heterocycles. The summed E-state index contributed by atoms with van der Waals surface area (Å²) in [5, 5.41) is 11.2. The van der Waals surface area contributed by atoms with Crippen molar-refractivity contribution in [3.63, 3.8) is 0 Å². The summed E-state index contributed by atoms with van der Waals surface area (Å²) < 4.78 is 13.6. The summed E-state index contributed by atoms with van der Waals surface area (Å²) in [5.74, 6) is -2.60. The number of carboxylic acids is 1. The van der Waals surface area contributed by atoms with Gasteiger partial charge in [0.05, 0.1) is 17.2 Å². The molecule has 0 saturated heterocycles.